The number of nitrogens with zero attached hydrogens (tertiary/aromatic N) is 3. The van der Waals surface area contributed by atoms with Crippen LogP contribution in [0, 0.1) is 5.82 Å². The molecule has 0 spiro atoms. The van der Waals surface area contributed by atoms with Crippen molar-refractivity contribution in [2.24, 2.45) is 0 Å². The first kappa shape index (κ1) is 33.5. The number of carbonyl (C=O) groups is 2. The summed E-state index contributed by atoms with van der Waals surface area (Å²) < 4.78 is 26.5. The van der Waals surface area contributed by atoms with E-state index >= 15 is 0 Å². The van der Waals surface area contributed by atoms with Crippen LogP contribution >= 0.6 is 0 Å². The Balaban J connectivity index is 1.10. The summed E-state index contributed by atoms with van der Waals surface area (Å²) in [6, 6.07) is 18.9. The quantitative estimate of drug-likeness (QED) is 0.0972. The lowest BCUT2D eigenvalue weighted by Crippen LogP contribution is -2.28. The summed E-state index contributed by atoms with van der Waals surface area (Å²) in [6.07, 6.45) is 10.2. The number of carbonyl (C=O) groups excluding carboxylic acids is 2. The van der Waals surface area contributed by atoms with Crippen molar-refractivity contribution in [3.05, 3.63) is 137 Å². The van der Waals surface area contributed by atoms with Gasteiger partial charge in [-0.15, -0.1) is 0 Å². The van der Waals surface area contributed by atoms with Crippen molar-refractivity contribution in [3.63, 3.8) is 0 Å². The molecular formula is C37H34F2N8O3. The van der Waals surface area contributed by atoms with Gasteiger partial charge in [0.2, 0.25) is 17.8 Å². The molecule has 6 rings (SSSR count). The highest BCUT2D eigenvalue weighted by Crippen LogP contribution is 2.22. The monoisotopic (exact) mass is 676 g/mol. The zero-order chi connectivity index (χ0) is 34.9. The molecule has 11 nitrogen and oxygen atoms in total. The first-order chi connectivity index (χ1) is 24.3. The predicted molar refractivity (Wildman–Crippen MR) is 188 cm³/mol. The number of allylic oxidation sites excluding steroid dienone is 2. The second kappa shape index (κ2) is 15.7. The summed E-state index contributed by atoms with van der Waals surface area (Å²) in [4.78, 5) is 38.9. The third kappa shape index (κ3) is 9.37. The summed E-state index contributed by atoms with van der Waals surface area (Å²) in [6.45, 7) is 0.579. The minimum absolute atomic E-state index is 0.117. The first-order valence-corrected chi connectivity index (χ1v) is 15.9. The molecule has 0 saturated heterocycles. The topological polar surface area (TPSA) is 153 Å². The molecule has 1 heterocycles. The summed E-state index contributed by atoms with van der Waals surface area (Å²) >= 11 is 0. The van der Waals surface area contributed by atoms with Crippen LogP contribution in [0.5, 0.6) is 5.75 Å². The third-order valence-corrected chi connectivity index (χ3v) is 7.78. The Labute approximate surface area is 287 Å². The van der Waals surface area contributed by atoms with E-state index in [1.54, 1.807) is 66.8 Å². The fourth-order valence-corrected chi connectivity index (χ4v) is 5.06. The zero-order valence-electron chi connectivity index (χ0n) is 26.7. The SMILES string of the molecule is O=C(NCC1=CCC(F)C=C1)C1=CCC(Nc2nc(Nc3ccc(O)cc3)nc(Nc3ccc(C(=O)NCc4ccc(F)cc4)cc3)n2)C=C1. The number of amides is 2. The van der Waals surface area contributed by atoms with Gasteiger partial charge in [0.15, 0.2) is 0 Å². The number of halogens is 2. The Morgan fingerprint density at radius 3 is 1.98 bits per heavy atom. The van der Waals surface area contributed by atoms with E-state index in [1.807, 2.05) is 12.2 Å². The van der Waals surface area contributed by atoms with Crippen molar-refractivity contribution in [3.8, 4) is 5.75 Å². The molecule has 1 aromatic heterocycles. The maximum Gasteiger partial charge on any atom is 0.251 e. The Morgan fingerprint density at radius 2 is 1.36 bits per heavy atom. The van der Waals surface area contributed by atoms with Crippen LogP contribution in [-0.2, 0) is 11.3 Å². The number of aromatic hydroxyl groups is 1. The molecule has 50 heavy (non-hydrogen) atoms. The molecule has 2 aliphatic rings. The molecule has 3 aromatic carbocycles. The second-order valence-electron chi connectivity index (χ2n) is 11.6. The van der Waals surface area contributed by atoms with Gasteiger partial charge < -0.3 is 31.7 Å². The zero-order valence-corrected chi connectivity index (χ0v) is 26.7. The summed E-state index contributed by atoms with van der Waals surface area (Å²) in [5, 5.41) is 24.9. The number of phenolic OH excluding ortho intramolecular Hbond substituents is 1. The molecule has 6 N–H and O–H groups in total. The van der Waals surface area contributed by atoms with E-state index in [4.69, 9.17) is 0 Å². The highest BCUT2D eigenvalue weighted by atomic mass is 19.1. The Kier molecular flexibility index (Phi) is 10.5. The fourth-order valence-electron chi connectivity index (χ4n) is 5.06. The van der Waals surface area contributed by atoms with Crippen LogP contribution in [-0.4, -0.2) is 50.6 Å². The number of hydrogen-bond acceptors (Lipinski definition) is 9. The van der Waals surface area contributed by atoms with E-state index in [0.29, 0.717) is 41.9 Å². The molecule has 0 saturated carbocycles. The fraction of sp³-hybridized carbons (Fsp3) is 0.162. The van der Waals surface area contributed by atoms with Gasteiger partial charge >= 0.3 is 0 Å². The van der Waals surface area contributed by atoms with Gasteiger partial charge in [0.25, 0.3) is 11.8 Å². The molecule has 0 radical (unpaired) electrons. The summed E-state index contributed by atoms with van der Waals surface area (Å²) in [5.41, 5.74) is 3.86. The van der Waals surface area contributed by atoms with Crippen LogP contribution in [0.25, 0.3) is 0 Å². The van der Waals surface area contributed by atoms with Crippen molar-refractivity contribution in [2.45, 2.75) is 31.6 Å². The minimum atomic E-state index is -0.980. The Bertz CT molecular complexity index is 1960. The average Bonchev–Trinajstić information content (AvgIpc) is 3.12. The van der Waals surface area contributed by atoms with Gasteiger partial charge in [0.1, 0.15) is 17.7 Å². The number of hydrogen-bond donors (Lipinski definition) is 6. The van der Waals surface area contributed by atoms with E-state index < -0.39 is 6.17 Å². The molecule has 13 heteroatoms. The van der Waals surface area contributed by atoms with E-state index in [2.05, 4.69) is 41.5 Å². The number of rotatable bonds is 12. The van der Waals surface area contributed by atoms with Gasteiger partial charge in [-0.1, -0.05) is 48.6 Å². The molecular weight excluding hydrogens is 642 g/mol. The predicted octanol–water partition coefficient (Wildman–Crippen LogP) is 6.14. The number of anilines is 5. The van der Waals surface area contributed by atoms with Crippen molar-refractivity contribution >= 4 is 41.0 Å². The molecule has 2 amide bonds. The van der Waals surface area contributed by atoms with Crippen molar-refractivity contribution in [1.82, 2.24) is 25.6 Å². The lowest BCUT2D eigenvalue weighted by molar-refractivity contribution is -0.117. The highest BCUT2D eigenvalue weighted by Gasteiger charge is 2.17. The van der Waals surface area contributed by atoms with Gasteiger partial charge in [0.05, 0.1) is 6.04 Å². The van der Waals surface area contributed by atoms with Crippen LogP contribution in [0.4, 0.5) is 38.0 Å². The number of nitrogens with one attached hydrogen (secondary N) is 5. The Morgan fingerprint density at radius 1 is 0.720 bits per heavy atom. The molecule has 4 aromatic rings. The number of benzene rings is 3. The standard InChI is InChI=1S/C37H34F2N8O3/c38-27-9-1-23(2-10-27)21-40-33(49)25-5-13-29(14-6-25)42-35-45-36(47-37(46-35)44-31-17-19-32(48)20-18-31)43-30-15-7-26(8-16-30)34(50)41-22-24-3-11-28(39)12-4-24/h1-11,13-15,17-20,28,30,48H,12,16,21-22H2,(H,40,49)(H,41,50)(H3,42,43,44,45,46,47). The Hall–Kier alpha value is -6.37. The molecule has 2 unspecified atom stereocenters. The van der Waals surface area contributed by atoms with Crippen molar-refractivity contribution in [2.75, 3.05) is 22.5 Å². The van der Waals surface area contributed by atoms with E-state index in [1.165, 1.54) is 30.3 Å². The maximum absolute atomic E-state index is 13.3. The lowest BCUT2D eigenvalue weighted by atomic mass is 10.0. The van der Waals surface area contributed by atoms with Gasteiger partial charge in [-0.3, -0.25) is 9.59 Å². The average molecular weight is 677 g/mol. The number of alkyl halides is 1. The minimum Gasteiger partial charge on any atom is -0.508 e. The normalized spacial score (nSPS) is 16.5. The molecule has 0 bridgehead atoms. The first-order valence-electron chi connectivity index (χ1n) is 15.9. The van der Waals surface area contributed by atoms with Gasteiger partial charge in [-0.05, 0) is 78.2 Å². The lowest BCUT2D eigenvalue weighted by Gasteiger charge is -2.19. The van der Waals surface area contributed by atoms with Gasteiger partial charge in [0, 0.05) is 42.0 Å². The van der Waals surface area contributed by atoms with Gasteiger partial charge in [-0.25, -0.2) is 8.78 Å². The second-order valence-corrected chi connectivity index (χ2v) is 11.6. The molecule has 2 atom stereocenters. The van der Waals surface area contributed by atoms with Crippen LogP contribution in [0.2, 0.25) is 0 Å². The highest BCUT2D eigenvalue weighted by molar-refractivity contribution is 5.96. The maximum atomic E-state index is 13.3. The smallest absolute Gasteiger partial charge is 0.251 e. The van der Waals surface area contributed by atoms with E-state index in [9.17, 15) is 23.5 Å². The van der Waals surface area contributed by atoms with Crippen LogP contribution in [0.1, 0.15) is 28.8 Å². The van der Waals surface area contributed by atoms with Crippen LogP contribution < -0.4 is 26.6 Å². The van der Waals surface area contributed by atoms with E-state index in [0.717, 1.165) is 11.1 Å². The summed E-state index contributed by atoms with van der Waals surface area (Å²) in [5.74, 6) is -0.0117. The molecule has 254 valence electrons. The van der Waals surface area contributed by atoms with E-state index in [-0.39, 0.29) is 53.8 Å². The van der Waals surface area contributed by atoms with Crippen LogP contribution in [0.15, 0.2) is 120 Å². The molecule has 0 aliphatic heterocycles. The number of phenols is 1. The van der Waals surface area contributed by atoms with Gasteiger partial charge in [-0.2, -0.15) is 15.0 Å². The molecule has 2 aliphatic carbocycles. The van der Waals surface area contributed by atoms with Crippen LogP contribution in [0.3, 0.4) is 0 Å². The van der Waals surface area contributed by atoms with Crippen molar-refractivity contribution < 1.29 is 23.5 Å². The number of aromatic nitrogens is 3. The third-order valence-electron chi connectivity index (χ3n) is 7.78. The van der Waals surface area contributed by atoms with Crippen molar-refractivity contribution in [1.29, 1.82) is 0 Å². The summed E-state index contributed by atoms with van der Waals surface area (Å²) in [7, 11) is 0. The largest absolute Gasteiger partial charge is 0.508 e. The molecule has 0 fully saturated rings.